The molecule has 0 aromatic heterocycles. The van der Waals surface area contributed by atoms with E-state index < -0.39 is 0 Å². The SMILES string of the molecule is O=C(NCCN1CCCCC1)[C@@H]1C[C@H](Oc2ccccc2)CN1C1CCOCC1. The molecule has 0 radical (unpaired) electrons. The minimum atomic E-state index is -0.104. The Kier molecular flexibility index (Phi) is 7.41. The fraction of sp³-hybridized carbons (Fsp3) is 0.696. The monoisotopic (exact) mass is 401 g/mol. The highest BCUT2D eigenvalue weighted by Gasteiger charge is 2.41. The molecule has 3 aliphatic rings. The van der Waals surface area contributed by atoms with E-state index in [-0.39, 0.29) is 18.1 Å². The van der Waals surface area contributed by atoms with Crippen LogP contribution in [0.25, 0.3) is 0 Å². The maximum Gasteiger partial charge on any atom is 0.237 e. The van der Waals surface area contributed by atoms with Gasteiger partial charge in [-0.3, -0.25) is 9.69 Å². The van der Waals surface area contributed by atoms with Gasteiger partial charge in [-0.05, 0) is 50.9 Å². The number of para-hydroxylation sites is 1. The van der Waals surface area contributed by atoms with E-state index in [1.165, 1.54) is 32.4 Å². The first-order valence-electron chi connectivity index (χ1n) is 11.3. The fourth-order valence-electron chi connectivity index (χ4n) is 4.91. The molecule has 1 aromatic carbocycles. The molecule has 160 valence electrons. The molecule has 3 fully saturated rings. The van der Waals surface area contributed by atoms with Crippen molar-refractivity contribution in [1.29, 1.82) is 0 Å². The first-order valence-corrected chi connectivity index (χ1v) is 11.3. The van der Waals surface area contributed by atoms with E-state index in [0.717, 1.165) is 57.9 Å². The molecule has 0 bridgehead atoms. The zero-order valence-electron chi connectivity index (χ0n) is 17.4. The molecule has 6 heteroatoms. The Morgan fingerprint density at radius 2 is 1.86 bits per heavy atom. The molecule has 1 N–H and O–H groups in total. The zero-order valence-corrected chi connectivity index (χ0v) is 17.4. The Bertz CT molecular complexity index is 630. The molecular formula is C23H35N3O3. The van der Waals surface area contributed by atoms with Crippen molar-refractivity contribution >= 4 is 5.91 Å². The van der Waals surface area contributed by atoms with Gasteiger partial charge in [0.2, 0.25) is 5.91 Å². The van der Waals surface area contributed by atoms with Gasteiger partial charge in [0.1, 0.15) is 11.9 Å². The number of benzene rings is 1. The second-order valence-electron chi connectivity index (χ2n) is 8.54. The Morgan fingerprint density at radius 1 is 1.10 bits per heavy atom. The van der Waals surface area contributed by atoms with Crippen LogP contribution in [-0.4, -0.2) is 79.8 Å². The quantitative estimate of drug-likeness (QED) is 0.760. The molecule has 1 aromatic rings. The Labute approximate surface area is 174 Å². The van der Waals surface area contributed by atoms with Gasteiger partial charge in [-0.25, -0.2) is 0 Å². The number of amides is 1. The summed E-state index contributed by atoms with van der Waals surface area (Å²) in [6, 6.07) is 10.3. The number of rotatable bonds is 7. The van der Waals surface area contributed by atoms with Crippen LogP contribution in [-0.2, 0) is 9.53 Å². The topological polar surface area (TPSA) is 54.0 Å². The second-order valence-corrected chi connectivity index (χ2v) is 8.54. The summed E-state index contributed by atoms with van der Waals surface area (Å²) in [5.74, 6) is 1.04. The van der Waals surface area contributed by atoms with Crippen molar-refractivity contribution in [1.82, 2.24) is 15.1 Å². The van der Waals surface area contributed by atoms with Crippen LogP contribution in [0.2, 0.25) is 0 Å². The molecule has 3 heterocycles. The number of likely N-dealkylation sites (tertiary alicyclic amines) is 2. The molecular weight excluding hydrogens is 366 g/mol. The fourth-order valence-corrected chi connectivity index (χ4v) is 4.91. The van der Waals surface area contributed by atoms with E-state index in [2.05, 4.69) is 15.1 Å². The lowest BCUT2D eigenvalue weighted by Gasteiger charge is -2.34. The predicted octanol–water partition coefficient (Wildman–Crippen LogP) is 2.29. The maximum atomic E-state index is 13.1. The number of ether oxygens (including phenoxy) is 2. The second kappa shape index (κ2) is 10.4. The van der Waals surface area contributed by atoms with E-state index in [9.17, 15) is 4.79 Å². The van der Waals surface area contributed by atoms with Gasteiger partial charge < -0.3 is 19.7 Å². The van der Waals surface area contributed by atoms with Crippen molar-refractivity contribution in [2.45, 2.75) is 56.7 Å². The van der Waals surface area contributed by atoms with E-state index in [1.54, 1.807) is 0 Å². The van der Waals surface area contributed by atoms with Crippen LogP contribution in [0.5, 0.6) is 5.75 Å². The van der Waals surface area contributed by atoms with Gasteiger partial charge in [0, 0.05) is 45.3 Å². The molecule has 0 saturated carbocycles. The smallest absolute Gasteiger partial charge is 0.237 e. The number of nitrogens with zero attached hydrogens (tertiary/aromatic N) is 2. The molecule has 2 atom stereocenters. The predicted molar refractivity (Wildman–Crippen MR) is 113 cm³/mol. The highest BCUT2D eigenvalue weighted by Crippen LogP contribution is 2.28. The minimum Gasteiger partial charge on any atom is -0.489 e. The molecule has 3 saturated heterocycles. The van der Waals surface area contributed by atoms with E-state index >= 15 is 0 Å². The molecule has 3 aliphatic heterocycles. The molecule has 4 rings (SSSR count). The minimum absolute atomic E-state index is 0.0538. The van der Waals surface area contributed by atoms with Gasteiger partial charge in [0.05, 0.1) is 6.04 Å². The van der Waals surface area contributed by atoms with Crippen molar-refractivity contribution in [3.05, 3.63) is 30.3 Å². The number of piperidine rings is 1. The highest BCUT2D eigenvalue weighted by molar-refractivity contribution is 5.82. The first kappa shape index (κ1) is 20.6. The van der Waals surface area contributed by atoms with Gasteiger partial charge in [-0.15, -0.1) is 0 Å². The molecule has 6 nitrogen and oxygen atoms in total. The summed E-state index contributed by atoms with van der Waals surface area (Å²) >= 11 is 0. The lowest BCUT2D eigenvalue weighted by Crippen LogP contribution is -2.50. The summed E-state index contributed by atoms with van der Waals surface area (Å²) in [5.41, 5.74) is 0. The number of carbonyl (C=O) groups excluding carboxylic acids is 1. The standard InChI is InChI=1S/C23H35N3O3/c27-23(24-11-14-25-12-5-2-6-13-25)22-17-21(29-20-7-3-1-4-8-20)18-26(22)19-9-15-28-16-10-19/h1,3-4,7-8,19,21-22H,2,5-6,9-18H2,(H,24,27)/t21-,22-/m0/s1. The molecule has 1 amide bonds. The van der Waals surface area contributed by atoms with Gasteiger partial charge in [0.15, 0.2) is 0 Å². The Balaban J connectivity index is 1.34. The highest BCUT2D eigenvalue weighted by atomic mass is 16.5. The summed E-state index contributed by atoms with van der Waals surface area (Å²) in [4.78, 5) is 17.9. The van der Waals surface area contributed by atoms with Gasteiger partial charge in [0.25, 0.3) is 0 Å². The van der Waals surface area contributed by atoms with E-state index in [1.807, 2.05) is 30.3 Å². The lowest BCUT2D eigenvalue weighted by atomic mass is 10.1. The summed E-state index contributed by atoms with van der Waals surface area (Å²) in [6.45, 7) is 6.41. The average Bonchev–Trinajstić information content (AvgIpc) is 3.20. The Hall–Kier alpha value is -1.63. The largest absolute Gasteiger partial charge is 0.489 e. The molecule has 0 unspecified atom stereocenters. The van der Waals surface area contributed by atoms with Crippen molar-refractivity contribution in [3.63, 3.8) is 0 Å². The van der Waals surface area contributed by atoms with Crippen LogP contribution < -0.4 is 10.1 Å². The lowest BCUT2D eigenvalue weighted by molar-refractivity contribution is -0.127. The Morgan fingerprint density at radius 3 is 2.62 bits per heavy atom. The zero-order chi connectivity index (χ0) is 19.9. The third-order valence-electron chi connectivity index (χ3n) is 6.49. The van der Waals surface area contributed by atoms with Crippen LogP contribution in [0, 0.1) is 0 Å². The number of nitrogens with one attached hydrogen (secondary N) is 1. The van der Waals surface area contributed by atoms with Crippen LogP contribution in [0.3, 0.4) is 0 Å². The van der Waals surface area contributed by atoms with E-state index in [0.29, 0.717) is 6.04 Å². The van der Waals surface area contributed by atoms with E-state index in [4.69, 9.17) is 9.47 Å². The van der Waals surface area contributed by atoms with Crippen molar-refractivity contribution < 1.29 is 14.3 Å². The summed E-state index contributed by atoms with van der Waals surface area (Å²) in [5, 5.41) is 3.22. The maximum absolute atomic E-state index is 13.1. The van der Waals surface area contributed by atoms with Gasteiger partial charge in [-0.2, -0.15) is 0 Å². The van der Waals surface area contributed by atoms with Gasteiger partial charge >= 0.3 is 0 Å². The summed E-state index contributed by atoms with van der Waals surface area (Å²) < 4.78 is 11.8. The van der Waals surface area contributed by atoms with Crippen molar-refractivity contribution in [3.8, 4) is 5.75 Å². The van der Waals surface area contributed by atoms with Crippen LogP contribution in [0.1, 0.15) is 38.5 Å². The number of carbonyl (C=O) groups is 1. The third kappa shape index (κ3) is 5.71. The molecule has 0 spiro atoms. The van der Waals surface area contributed by atoms with Crippen molar-refractivity contribution in [2.75, 3.05) is 45.9 Å². The first-order chi connectivity index (χ1) is 14.3. The van der Waals surface area contributed by atoms with Crippen LogP contribution >= 0.6 is 0 Å². The van der Waals surface area contributed by atoms with Crippen LogP contribution in [0.4, 0.5) is 0 Å². The summed E-state index contributed by atoms with van der Waals surface area (Å²) in [7, 11) is 0. The third-order valence-corrected chi connectivity index (χ3v) is 6.49. The number of hydrogen-bond acceptors (Lipinski definition) is 5. The normalized spacial score (nSPS) is 27.0. The average molecular weight is 402 g/mol. The molecule has 29 heavy (non-hydrogen) atoms. The number of hydrogen-bond donors (Lipinski definition) is 1. The van der Waals surface area contributed by atoms with Crippen LogP contribution in [0.15, 0.2) is 30.3 Å². The van der Waals surface area contributed by atoms with Crippen molar-refractivity contribution in [2.24, 2.45) is 0 Å². The molecule has 0 aliphatic carbocycles. The summed E-state index contributed by atoms with van der Waals surface area (Å²) in [6.07, 6.45) is 6.71. The van der Waals surface area contributed by atoms with Gasteiger partial charge in [-0.1, -0.05) is 24.6 Å².